The Morgan fingerprint density at radius 1 is 0.941 bits per heavy atom. The van der Waals surface area contributed by atoms with Crippen LogP contribution in [-0.4, -0.2) is 53.8 Å². The third-order valence-electron chi connectivity index (χ3n) is 5.16. The molecule has 0 spiro atoms. The number of fused-ring (bicyclic) bond motifs is 3. The van der Waals surface area contributed by atoms with Crippen molar-refractivity contribution in [2.75, 3.05) is 25.0 Å². The van der Waals surface area contributed by atoms with Crippen LogP contribution in [-0.2, 0) is 14.3 Å². The molecule has 2 aromatic carbocycles. The topological polar surface area (TPSA) is 160 Å². The minimum Gasteiger partial charge on any atom is -0.480 e. The Hall–Kier alpha value is -4.67. The number of carbonyl (C=O) groups excluding carboxylic acids is 3. The predicted octanol–water partition coefficient (Wildman–Crippen LogP) is 1.97. The molecular formula is C23H20N4O7. The van der Waals surface area contributed by atoms with Crippen molar-refractivity contribution in [2.45, 2.75) is 5.92 Å². The van der Waals surface area contributed by atoms with E-state index in [2.05, 4.69) is 21.1 Å². The maximum absolute atomic E-state index is 12.3. The van der Waals surface area contributed by atoms with Gasteiger partial charge in [-0.1, -0.05) is 53.7 Å². The maximum Gasteiger partial charge on any atom is 0.414 e. The lowest BCUT2D eigenvalue weighted by molar-refractivity contribution is -0.137. The summed E-state index contributed by atoms with van der Waals surface area (Å²) in [4.78, 5) is 46.2. The number of carbonyl (C=O) groups is 4. The van der Waals surface area contributed by atoms with Gasteiger partial charge in [0.1, 0.15) is 13.2 Å². The van der Waals surface area contributed by atoms with Crippen LogP contribution in [0.2, 0.25) is 0 Å². The lowest BCUT2D eigenvalue weighted by atomic mass is 9.98. The second-order valence-corrected chi connectivity index (χ2v) is 7.38. The third kappa shape index (κ3) is 5.04. The number of aromatic nitrogens is 1. The van der Waals surface area contributed by atoms with E-state index in [-0.39, 0.29) is 24.1 Å². The first kappa shape index (κ1) is 22.5. The molecule has 1 heterocycles. The van der Waals surface area contributed by atoms with Crippen molar-refractivity contribution in [2.24, 2.45) is 0 Å². The van der Waals surface area contributed by atoms with Gasteiger partial charge in [-0.25, -0.2) is 4.79 Å². The molecule has 174 valence electrons. The van der Waals surface area contributed by atoms with Gasteiger partial charge in [-0.2, -0.15) is 0 Å². The largest absolute Gasteiger partial charge is 0.480 e. The van der Waals surface area contributed by atoms with Crippen molar-refractivity contribution in [3.63, 3.8) is 0 Å². The van der Waals surface area contributed by atoms with Crippen molar-refractivity contribution in [3.05, 3.63) is 71.4 Å². The normalized spacial score (nSPS) is 11.8. The number of ether oxygens (including phenoxy) is 1. The minimum atomic E-state index is -1.21. The van der Waals surface area contributed by atoms with Gasteiger partial charge in [-0.15, -0.1) is 0 Å². The van der Waals surface area contributed by atoms with E-state index in [1.165, 1.54) is 6.07 Å². The molecule has 0 unspecified atom stereocenters. The SMILES string of the molecule is O=C(O)CNC(=O)CNC(=O)c1cc(NC(=O)OCC2c3ccccc3-c3ccccc32)on1. The fourth-order valence-corrected chi connectivity index (χ4v) is 3.66. The number of carboxylic acid groups (broad SMARTS) is 1. The number of aliphatic carboxylic acids is 1. The van der Waals surface area contributed by atoms with Gasteiger partial charge in [0.15, 0.2) is 5.69 Å². The van der Waals surface area contributed by atoms with Crippen LogP contribution in [0.15, 0.2) is 59.1 Å². The highest BCUT2D eigenvalue weighted by Crippen LogP contribution is 2.44. The van der Waals surface area contributed by atoms with Crippen LogP contribution in [0, 0.1) is 0 Å². The van der Waals surface area contributed by atoms with E-state index in [0.29, 0.717) is 0 Å². The Kier molecular flexibility index (Phi) is 6.53. The summed E-state index contributed by atoms with van der Waals surface area (Å²) in [7, 11) is 0. The van der Waals surface area contributed by atoms with Gasteiger partial charge in [0.25, 0.3) is 5.91 Å². The van der Waals surface area contributed by atoms with E-state index < -0.39 is 37.0 Å². The van der Waals surface area contributed by atoms with Crippen LogP contribution < -0.4 is 16.0 Å². The van der Waals surface area contributed by atoms with Crippen LogP contribution in [0.4, 0.5) is 10.7 Å². The Morgan fingerprint density at radius 2 is 1.59 bits per heavy atom. The zero-order valence-corrected chi connectivity index (χ0v) is 17.7. The zero-order valence-electron chi connectivity index (χ0n) is 17.7. The number of nitrogens with zero attached hydrogens (tertiary/aromatic N) is 1. The summed E-state index contributed by atoms with van der Waals surface area (Å²) in [5, 5.41) is 18.8. The second kappa shape index (κ2) is 9.86. The molecule has 34 heavy (non-hydrogen) atoms. The highest BCUT2D eigenvalue weighted by atomic mass is 16.6. The van der Waals surface area contributed by atoms with Crippen molar-refractivity contribution < 1.29 is 33.5 Å². The highest BCUT2D eigenvalue weighted by molar-refractivity contribution is 5.96. The average Bonchev–Trinajstić information content (AvgIpc) is 3.42. The molecule has 0 bridgehead atoms. The highest BCUT2D eigenvalue weighted by Gasteiger charge is 2.29. The van der Waals surface area contributed by atoms with Gasteiger partial charge in [-0.3, -0.25) is 19.7 Å². The summed E-state index contributed by atoms with van der Waals surface area (Å²) in [5.74, 6) is -2.86. The summed E-state index contributed by atoms with van der Waals surface area (Å²) in [6.45, 7) is -0.909. The summed E-state index contributed by atoms with van der Waals surface area (Å²) in [5.41, 5.74) is 4.18. The van der Waals surface area contributed by atoms with Gasteiger partial charge >= 0.3 is 12.1 Å². The van der Waals surface area contributed by atoms with Crippen LogP contribution in [0.5, 0.6) is 0 Å². The van der Waals surface area contributed by atoms with E-state index in [1.54, 1.807) is 0 Å². The molecule has 0 saturated carbocycles. The molecule has 0 aliphatic heterocycles. The summed E-state index contributed by atoms with van der Waals surface area (Å²) in [6.07, 6.45) is -0.780. The molecule has 11 heteroatoms. The monoisotopic (exact) mass is 464 g/mol. The van der Waals surface area contributed by atoms with E-state index >= 15 is 0 Å². The van der Waals surface area contributed by atoms with Crippen molar-refractivity contribution in [1.82, 2.24) is 15.8 Å². The molecule has 0 saturated heterocycles. The predicted molar refractivity (Wildman–Crippen MR) is 118 cm³/mol. The molecule has 0 fully saturated rings. The summed E-state index contributed by atoms with van der Waals surface area (Å²) < 4.78 is 10.3. The molecule has 1 aliphatic carbocycles. The van der Waals surface area contributed by atoms with Crippen LogP contribution in [0.25, 0.3) is 11.1 Å². The molecule has 4 N–H and O–H groups in total. The first-order valence-electron chi connectivity index (χ1n) is 10.3. The molecule has 0 radical (unpaired) electrons. The lowest BCUT2D eigenvalue weighted by Crippen LogP contribution is -2.39. The number of carboxylic acids is 1. The molecule has 3 aromatic rings. The number of anilines is 1. The lowest BCUT2D eigenvalue weighted by Gasteiger charge is -2.13. The maximum atomic E-state index is 12.3. The molecule has 3 amide bonds. The second-order valence-electron chi connectivity index (χ2n) is 7.38. The molecule has 1 aliphatic rings. The standard InChI is InChI=1S/C23H20N4O7/c28-19(24-11-21(29)30)10-25-22(31)18-9-20(34-27-18)26-23(32)33-12-17-15-7-3-1-5-13(15)14-6-2-4-8-16(14)17/h1-9,17H,10-12H2,(H,24,28)(H,25,31)(H,26,32)(H,29,30). The van der Waals surface area contributed by atoms with Gasteiger partial charge in [0.05, 0.1) is 6.54 Å². The number of hydrogen-bond acceptors (Lipinski definition) is 7. The van der Waals surface area contributed by atoms with Gasteiger partial charge in [-0.05, 0) is 22.3 Å². The van der Waals surface area contributed by atoms with E-state index in [4.69, 9.17) is 14.4 Å². The number of amides is 3. The summed E-state index contributed by atoms with van der Waals surface area (Å²) >= 11 is 0. The fraction of sp³-hybridized carbons (Fsp3) is 0.174. The Morgan fingerprint density at radius 3 is 2.24 bits per heavy atom. The fourth-order valence-electron chi connectivity index (χ4n) is 3.66. The quantitative estimate of drug-likeness (QED) is 0.394. The van der Waals surface area contributed by atoms with Gasteiger partial charge < -0.3 is 25.0 Å². The first-order valence-corrected chi connectivity index (χ1v) is 10.3. The third-order valence-corrected chi connectivity index (χ3v) is 5.16. The zero-order chi connectivity index (χ0) is 24.1. The number of nitrogens with one attached hydrogen (secondary N) is 3. The van der Waals surface area contributed by atoms with Crippen molar-refractivity contribution in [1.29, 1.82) is 0 Å². The average molecular weight is 464 g/mol. The molecule has 1 aromatic heterocycles. The van der Waals surface area contributed by atoms with E-state index in [9.17, 15) is 19.2 Å². The molecule has 11 nitrogen and oxygen atoms in total. The summed E-state index contributed by atoms with van der Waals surface area (Å²) in [6, 6.07) is 17.1. The van der Waals surface area contributed by atoms with Crippen LogP contribution >= 0.6 is 0 Å². The molecule has 0 atom stereocenters. The minimum absolute atomic E-state index is 0.104. The van der Waals surface area contributed by atoms with Crippen molar-refractivity contribution >= 4 is 29.8 Å². The number of rotatable bonds is 8. The van der Waals surface area contributed by atoms with Gasteiger partial charge in [0.2, 0.25) is 11.8 Å². The van der Waals surface area contributed by atoms with E-state index in [1.807, 2.05) is 48.5 Å². The molecular weight excluding hydrogens is 444 g/mol. The van der Waals surface area contributed by atoms with Crippen LogP contribution in [0.1, 0.15) is 27.5 Å². The number of hydrogen-bond donors (Lipinski definition) is 4. The smallest absolute Gasteiger partial charge is 0.414 e. The Labute approximate surface area is 193 Å². The van der Waals surface area contributed by atoms with E-state index in [0.717, 1.165) is 22.3 Å². The van der Waals surface area contributed by atoms with Crippen molar-refractivity contribution in [3.8, 4) is 11.1 Å². The van der Waals surface area contributed by atoms with Crippen LogP contribution in [0.3, 0.4) is 0 Å². The first-order chi connectivity index (χ1) is 16.4. The van der Waals surface area contributed by atoms with Gasteiger partial charge in [0, 0.05) is 12.0 Å². The number of benzene rings is 2. The Bertz CT molecular complexity index is 1210. The molecule has 4 rings (SSSR count). The Balaban J connectivity index is 1.30.